The van der Waals surface area contributed by atoms with Gasteiger partial charge in [-0.2, -0.15) is 0 Å². The third kappa shape index (κ3) is 9.79. The highest BCUT2D eigenvalue weighted by Gasteiger charge is 2.23. The van der Waals surface area contributed by atoms with Crippen molar-refractivity contribution >= 4 is 11.9 Å². The largest absolute Gasteiger partial charge is 0.356 e. The van der Waals surface area contributed by atoms with E-state index in [1.807, 2.05) is 0 Å². The van der Waals surface area contributed by atoms with Gasteiger partial charge >= 0.3 is 0 Å². The van der Waals surface area contributed by atoms with Crippen LogP contribution in [0.1, 0.15) is 103 Å². The van der Waals surface area contributed by atoms with E-state index in [9.17, 15) is 0 Å². The maximum Gasteiger partial charge on any atom is 0.201 e. The Morgan fingerprint density at radius 2 is 1.32 bits per heavy atom. The first kappa shape index (κ1) is 23.0. The molecule has 0 aliphatic carbocycles. The summed E-state index contributed by atoms with van der Waals surface area (Å²) in [6, 6.07) is 0. The van der Waals surface area contributed by atoms with E-state index in [0.29, 0.717) is 0 Å². The van der Waals surface area contributed by atoms with Gasteiger partial charge in [-0.1, -0.05) is 96.8 Å². The minimum atomic E-state index is 0.877. The molecule has 2 aliphatic heterocycles. The predicted octanol–water partition coefficient (Wildman–Crippen LogP) is 5.08. The molecule has 0 radical (unpaired) electrons. The third-order valence-electron chi connectivity index (χ3n) is 5.82. The molecule has 0 aromatic heterocycles. The van der Waals surface area contributed by atoms with E-state index in [1.165, 1.54) is 96.3 Å². The van der Waals surface area contributed by atoms with E-state index < -0.39 is 0 Å². The monoisotopic (exact) mass is 391 g/mol. The molecule has 162 valence electrons. The number of guanidine groups is 2. The van der Waals surface area contributed by atoms with E-state index in [0.717, 1.165) is 44.6 Å². The SMILES string of the molecule is CCCCCCCCCCCCCCCCCNC1=NCCN1C1=NCCN1. The molecule has 0 unspecified atom stereocenters. The summed E-state index contributed by atoms with van der Waals surface area (Å²) >= 11 is 0. The van der Waals surface area contributed by atoms with Gasteiger partial charge < -0.3 is 10.6 Å². The van der Waals surface area contributed by atoms with Crippen LogP contribution < -0.4 is 10.6 Å². The summed E-state index contributed by atoms with van der Waals surface area (Å²) in [6.07, 6.45) is 21.2. The minimum absolute atomic E-state index is 0.877. The second-order valence-electron chi connectivity index (χ2n) is 8.37. The molecule has 0 aromatic rings. The quantitative estimate of drug-likeness (QED) is 0.361. The Morgan fingerprint density at radius 1 is 0.750 bits per heavy atom. The molecule has 5 nitrogen and oxygen atoms in total. The van der Waals surface area contributed by atoms with E-state index in [2.05, 4.69) is 32.4 Å². The van der Waals surface area contributed by atoms with Gasteiger partial charge in [0.25, 0.3) is 0 Å². The molecule has 28 heavy (non-hydrogen) atoms. The van der Waals surface area contributed by atoms with Crippen LogP contribution in [0, 0.1) is 0 Å². The van der Waals surface area contributed by atoms with E-state index >= 15 is 0 Å². The Kier molecular flexibility index (Phi) is 12.9. The van der Waals surface area contributed by atoms with Gasteiger partial charge in [0.05, 0.1) is 13.1 Å². The lowest BCUT2D eigenvalue weighted by Gasteiger charge is -2.20. The normalized spacial score (nSPS) is 16.2. The van der Waals surface area contributed by atoms with Crippen molar-refractivity contribution in [3.63, 3.8) is 0 Å². The zero-order valence-electron chi connectivity index (χ0n) is 18.5. The number of rotatable bonds is 16. The summed E-state index contributed by atoms with van der Waals surface area (Å²) in [5.74, 6) is 2.01. The third-order valence-corrected chi connectivity index (χ3v) is 5.82. The van der Waals surface area contributed by atoms with E-state index in [-0.39, 0.29) is 0 Å². The average molecular weight is 392 g/mol. The summed E-state index contributed by atoms with van der Waals surface area (Å²) in [5.41, 5.74) is 0. The van der Waals surface area contributed by atoms with Gasteiger partial charge in [0, 0.05) is 19.6 Å². The molecule has 5 heteroatoms. The molecule has 0 bridgehead atoms. The molecular formula is C23H45N5. The van der Waals surface area contributed by atoms with Gasteiger partial charge in [0.1, 0.15) is 0 Å². The van der Waals surface area contributed by atoms with E-state index in [4.69, 9.17) is 0 Å². The van der Waals surface area contributed by atoms with Gasteiger partial charge in [0.15, 0.2) is 0 Å². The van der Waals surface area contributed by atoms with Crippen molar-refractivity contribution in [2.45, 2.75) is 103 Å². The smallest absolute Gasteiger partial charge is 0.201 e. The molecule has 0 atom stereocenters. The van der Waals surface area contributed by atoms with Gasteiger partial charge in [-0.15, -0.1) is 0 Å². The lowest BCUT2D eigenvalue weighted by Crippen LogP contribution is -2.46. The molecule has 0 amide bonds. The van der Waals surface area contributed by atoms with Gasteiger partial charge in [0.2, 0.25) is 11.9 Å². The second-order valence-corrected chi connectivity index (χ2v) is 8.37. The Labute approximate surface area is 173 Å². The lowest BCUT2D eigenvalue weighted by molar-refractivity contribution is 0.530. The van der Waals surface area contributed by atoms with Crippen LogP contribution in [0.3, 0.4) is 0 Å². The first-order chi connectivity index (χ1) is 13.9. The van der Waals surface area contributed by atoms with Crippen LogP contribution in [0.2, 0.25) is 0 Å². The van der Waals surface area contributed by atoms with Crippen molar-refractivity contribution in [3.05, 3.63) is 0 Å². The summed E-state index contributed by atoms with van der Waals surface area (Å²) < 4.78 is 0. The van der Waals surface area contributed by atoms with Crippen LogP contribution in [0.25, 0.3) is 0 Å². The number of aliphatic imine (C=N–C) groups is 2. The molecule has 2 heterocycles. The summed E-state index contributed by atoms with van der Waals surface area (Å²) in [6.45, 7) is 6.99. The Balaban J connectivity index is 1.31. The summed E-state index contributed by atoms with van der Waals surface area (Å²) in [7, 11) is 0. The molecule has 2 rings (SSSR count). The maximum atomic E-state index is 4.58. The van der Waals surface area contributed by atoms with Crippen molar-refractivity contribution in [1.29, 1.82) is 0 Å². The van der Waals surface area contributed by atoms with Crippen LogP contribution in [-0.4, -0.2) is 49.5 Å². The van der Waals surface area contributed by atoms with Crippen molar-refractivity contribution < 1.29 is 0 Å². The number of unbranched alkanes of at least 4 members (excludes halogenated alkanes) is 14. The van der Waals surface area contributed by atoms with Crippen LogP contribution in [-0.2, 0) is 0 Å². The molecule has 2 aliphatic rings. The van der Waals surface area contributed by atoms with E-state index in [1.54, 1.807) is 0 Å². The van der Waals surface area contributed by atoms with Gasteiger partial charge in [-0.3, -0.25) is 14.9 Å². The van der Waals surface area contributed by atoms with Crippen molar-refractivity contribution in [3.8, 4) is 0 Å². The Morgan fingerprint density at radius 3 is 1.86 bits per heavy atom. The lowest BCUT2D eigenvalue weighted by atomic mass is 10.0. The fourth-order valence-electron chi connectivity index (χ4n) is 4.07. The number of nitrogens with zero attached hydrogens (tertiary/aromatic N) is 3. The van der Waals surface area contributed by atoms with Crippen LogP contribution in [0.4, 0.5) is 0 Å². The zero-order valence-corrected chi connectivity index (χ0v) is 18.5. The Bertz CT molecular complexity index is 446. The number of hydrogen-bond acceptors (Lipinski definition) is 5. The molecular weight excluding hydrogens is 346 g/mol. The number of hydrogen-bond donors (Lipinski definition) is 2. The van der Waals surface area contributed by atoms with Crippen LogP contribution in [0.15, 0.2) is 9.98 Å². The molecule has 0 fully saturated rings. The maximum absolute atomic E-state index is 4.58. The first-order valence-electron chi connectivity index (χ1n) is 12.3. The van der Waals surface area contributed by atoms with Crippen molar-refractivity contribution in [2.75, 3.05) is 32.7 Å². The highest BCUT2D eigenvalue weighted by atomic mass is 15.4. The van der Waals surface area contributed by atoms with Crippen LogP contribution in [0.5, 0.6) is 0 Å². The standard InChI is InChI=1S/C23H45N5/c1-2-3-4-5-6-7-8-9-10-11-12-13-14-15-16-17-24-22-27-20-21-28(22)23-25-18-19-26-23/h2-21H2,1H3,(H,24,27)(H,25,26). The molecule has 0 saturated heterocycles. The minimum Gasteiger partial charge on any atom is -0.356 e. The molecule has 2 N–H and O–H groups in total. The van der Waals surface area contributed by atoms with Crippen LogP contribution >= 0.6 is 0 Å². The molecule has 0 saturated carbocycles. The Hall–Kier alpha value is -1.26. The van der Waals surface area contributed by atoms with Gasteiger partial charge in [-0.25, -0.2) is 0 Å². The summed E-state index contributed by atoms with van der Waals surface area (Å²) in [5, 5.41) is 6.85. The van der Waals surface area contributed by atoms with Gasteiger partial charge in [-0.05, 0) is 6.42 Å². The highest BCUT2D eigenvalue weighted by molar-refractivity contribution is 6.00. The average Bonchev–Trinajstić information content (AvgIpc) is 3.39. The van der Waals surface area contributed by atoms with Crippen molar-refractivity contribution in [2.24, 2.45) is 9.98 Å². The fraction of sp³-hybridized carbons (Fsp3) is 0.913. The highest BCUT2D eigenvalue weighted by Crippen LogP contribution is 2.13. The topological polar surface area (TPSA) is 52.0 Å². The van der Waals surface area contributed by atoms with Crippen molar-refractivity contribution in [1.82, 2.24) is 15.5 Å². The first-order valence-corrected chi connectivity index (χ1v) is 12.3. The summed E-state index contributed by atoms with van der Waals surface area (Å²) in [4.78, 5) is 11.3. The molecule has 0 aromatic carbocycles. The number of nitrogens with one attached hydrogen (secondary N) is 2. The predicted molar refractivity (Wildman–Crippen MR) is 122 cm³/mol. The fourth-order valence-corrected chi connectivity index (χ4v) is 4.07. The zero-order chi connectivity index (χ0) is 19.7. The second kappa shape index (κ2) is 15.6. The molecule has 0 spiro atoms.